The predicted molar refractivity (Wildman–Crippen MR) is 105 cm³/mol. The fourth-order valence-electron chi connectivity index (χ4n) is 2.06. The summed E-state index contributed by atoms with van der Waals surface area (Å²) in [5, 5.41) is 0. The molecule has 2 amide bonds. The molecule has 1 atom stereocenters. The maximum absolute atomic E-state index is 12.7. The standard InChI is InChI=1S/C20H33NO8/c1-9-27-15(22)13-11-10-12-14(16(23)26-8)21(17(24)28-19(2,3)4)18(25)29-20(5,6)7/h11,13-14H,9-10,12H2,1-8H3/b13-11+/t14-/m0/s1. The first-order valence-electron chi connectivity index (χ1n) is 9.38. The van der Waals surface area contributed by atoms with E-state index in [0.717, 1.165) is 7.11 Å². The van der Waals surface area contributed by atoms with Gasteiger partial charge in [0, 0.05) is 6.08 Å². The van der Waals surface area contributed by atoms with E-state index in [1.165, 1.54) is 12.2 Å². The Morgan fingerprint density at radius 1 is 0.931 bits per heavy atom. The zero-order valence-corrected chi connectivity index (χ0v) is 18.6. The molecular weight excluding hydrogens is 382 g/mol. The molecule has 0 bridgehead atoms. The fourth-order valence-corrected chi connectivity index (χ4v) is 2.06. The highest BCUT2D eigenvalue weighted by Crippen LogP contribution is 2.20. The summed E-state index contributed by atoms with van der Waals surface area (Å²) in [5.74, 6) is -1.34. The van der Waals surface area contributed by atoms with E-state index in [1.54, 1.807) is 48.5 Å². The zero-order chi connectivity index (χ0) is 22.8. The maximum atomic E-state index is 12.7. The third-order valence-corrected chi connectivity index (χ3v) is 3.11. The first-order valence-corrected chi connectivity index (χ1v) is 9.38. The van der Waals surface area contributed by atoms with Crippen molar-refractivity contribution in [2.75, 3.05) is 13.7 Å². The summed E-state index contributed by atoms with van der Waals surface area (Å²) in [4.78, 5) is 49.7. The number of hydrogen-bond acceptors (Lipinski definition) is 8. The molecule has 0 aliphatic carbocycles. The molecule has 0 heterocycles. The molecule has 0 saturated heterocycles. The van der Waals surface area contributed by atoms with Crippen LogP contribution in [-0.2, 0) is 28.5 Å². The van der Waals surface area contributed by atoms with Gasteiger partial charge in [0.15, 0.2) is 0 Å². The smallest absolute Gasteiger partial charge is 0.420 e. The average molecular weight is 415 g/mol. The monoisotopic (exact) mass is 415 g/mol. The Hall–Kier alpha value is -2.58. The Labute approximate surface area is 172 Å². The molecule has 0 spiro atoms. The maximum Gasteiger partial charge on any atom is 0.420 e. The summed E-state index contributed by atoms with van der Waals surface area (Å²) in [7, 11) is 1.14. The third kappa shape index (κ3) is 11.1. The number of amides is 2. The van der Waals surface area contributed by atoms with Crippen LogP contribution in [0.4, 0.5) is 9.59 Å². The minimum absolute atomic E-state index is 0.00106. The lowest BCUT2D eigenvalue weighted by Gasteiger charge is -2.32. The van der Waals surface area contributed by atoms with E-state index < -0.39 is 41.4 Å². The normalized spacial score (nSPS) is 12.8. The van der Waals surface area contributed by atoms with E-state index in [-0.39, 0.29) is 19.4 Å². The van der Waals surface area contributed by atoms with Gasteiger partial charge in [-0.3, -0.25) is 0 Å². The highest BCUT2D eigenvalue weighted by molar-refractivity contribution is 5.94. The summed E-state index contributed by atoms with van der Waals surface area (Å²) in [6.45, 7) is 11.7. The molecule has 0 saturated carbocycles. The molecule has 0 fully saturated rings. The largest absolute Gasteiger partial charge is 0.467 e. The molecule has 9 nitrogen and oxygen atoms in total. The number of rotatable bonds is 7. The van der Waals surface area contributed by atoms with Crippen LogP contribution in [0.15, 0.2) is 12.2 Å². The van der Waals surface area contributed by atoms with Gasteiger partial charge < -0.3 is 18.9 Å². The second-order valence-corrected chi connectivity index (χ2v) is 8.10. The molecule has 0 aromatic heterocycles. The molecule has 0 rings (SSSR count). The van der Waals surface area contributed by atoms with Crippen molar-refractivity contribution >= 4 is 24.1 Å². The molecule has 0 radical (unpaired) electrons. The summed E-state index contributed by atoms with van der Waals surface area (Å²) < 4.78 is 20.1. The van der Waals surface area contributed by atoms with Crippen LogP contribution < -0.4 is 0 Å². The van der Waals surface area contributed by atoms with Crippen molar-refractivity contribution in [2.45, 2.75) is 78.6 Å². The van der Waals surface area contributed by atoms with Gasteiger partial charge >= 0.3 is 24.1 Å². The highest BCUT2D eigenvalue weighted by atomic mass is 16.6. The van der Waals surface area contributed by atoms with E-state index in [9.17, 15) is 19.2 Å². The number of esters is 2. The number of nitrogens with zero attached hydrogens (tertiary/aromatic N) is 1. The number of carbonyl (C=O) groups excluding carboxylic acids is 4. The van der Waals surface area contributed by atoms with Gasteiger partial charge in [-0.15, -0.1) is 0 Å². The number of ether oxygens (including phenoxy) is 4. The minimum Gasteiger partial charge on any atom is -0.467 e. The Balaban J connectivity index is 5.66. The lowest BCUT2D eigenvalue weighted by Crippen LogP contribution is -2.52. The van der Waals surface area contributed by atoms with E-state index in [4.69, 9.17) is 18.9 Å². The molecule has 29 heavy (non-hydrogen) atoms. The lowest BCUT2D eigenvalue weighted by molar-refractivity contribution is -0.146. The molecule has 9 heteroatoms. The first-order chi connectivity index (χ1) is 13.2. The van der Waals surface area contributed by atoms with E-state index in [1.807, 2.05) is 0 Å². The van der Waals surface area contributed by atoms with Crippen LogP contribution in [-0.4, -0.2) is 60.0 Å². The third-order valence-electron chi connectivity index (χ3n) is 3.11. The molecule has 166 valence electrons. The predicted octanol–water partition coefficient (Wildman–Crippen LogP) is 3.60. The summed E-state index contributed by atoms with van der Waals surface area (Å²) in [5.41, 5.74) is -1.80. The molecule has 0 unspecified atom stereocenters. The van der Waals surface area contributed by atoms with Crippen LogP contribution in [0, 0.1) is 0 Å². The van der Waals surface area contributed by atoms with Gasteiger partial charge in [-0.25, -0.2) is 19.2 Å². The second-order valence-electron chi connectivity index (χ2n) is 8.10. The molecule has 0 N–H and O–H groups in total. The number of allylic oxidation sites excluding steroid dienone is 1. The average Bonchev–Trinajstić information content (AvgIpc) is 2.53. The van der Waals surface area contributed by atoms with E-state index in [2.05, 4.69) is 0 Å². The van der Waals surface area contributed by atoms with E-state index >= 15 is 0 Å². The zero-order valence-electron chi connectivity index (χ0n) is 18.6. The molecule has 0 aliphatic rings. The van der Waals surface area contributed by atoms with Crippen molar-refractivity contribution in [2.24, 2.45) is 0 Å². The van der Waals surface area contributed by atoms with Crippen LogP contribution in [0.2, 0.25) is 0 Å². The first kappa shape index (κ1) is 26.4. The van der Waals surface area contributed by atoms with Gasteiger partial charge in [-0.05, 0) is 61.3 Å². The SMILES string of the molecule is CCOC(=O)/C=C/CC[C@@H](C(=O)OC)N(C(=O)OC(C)(C)C)C(=O)OC(C)(C)C. The van der Waals surface area contributed by atoms with Crippen molar-refractivity contribution in [1.82, 2.24) is 4.90 Å². The van der Waals surface area contributed by atoms with Crippen LogP contribution in [0.25, 0.3) is 0 Å². The Morgan fingerprint density at radius 2 is 1.41 bits per heavy atom. The fraction of sp³-hybridized carbons (Fsp3) is 0.700. The van der Waals surface area contributed by atoms with Crippen molar-refractivity contribution in [3.8, 4) is 0 Å². The number of methoxy groups -OCH3 is 1. The Morgan fingerprint density at radius 3 is 1.79 bits per heavy atom. The van der Waals surface area contributed by atoms with E-state index in [0.29, 0.717) is 4.90 Å². The molecule has 0 aromatic carbocycles. The number of imide groups is 1. The van der Waals surface area contributed by atoms with Gasteiger partial charge in [0.25, 0.3) is 0 Å². The van der Waals surface area contributed by atoms with Crippen LogP contribution in [0.5, 0.6) is 0 Å². The van der Waals surface area contributed by atoms with Crippen molar-refractivity contribution in [1.29, 1.82) is 0 Å². The van der Waals surface area contributed by atoms with Gasteiger partial charge in [0.2, 0.25) is 0 Å². The van der Waals surface area contributed by atoms with Gasteiger partial charge in [0.1, 0.15) is 17.2 Å². The molecule has 0 aromatic rings. The minimum atomic E-state index is -1.29. The van der Waals surface area contributed by atoms with Gasteiger partial charge in [-0.1, -0.05) is 6.08 Å². The highest BCUT2D eigenvalue weighted by Gasteiger charge is 2.40. The second kappa shape index (κ2) is 11.4. The number of carbonyl (C=O) groups is 4. The summed E-state index contributed by atoms with van der Waals surface area (Å²) >= 11 is 0. The molecule has 0 aliphatic heterocycles. The summed E-state index contributed by atoms with van der Waals surface area (Å²) in [6, 6.07) is -1.29. The van der Waals surface area contributed by atoms with Crippen LogP contribution in [0.3, 0.4) is 0 Å². The quantitative estimate of drug-likeness (QED) is 0.352. The van der Waals surface area contributed by atoms with Crippen molar-refractivity contribution < 1.29 is 38.1 Å². The Kier molecular flexibility index (Phi) is 10.4. The van der Waals surface area contributed by atoms with Crippen molar-refractivity contribution in [3.05, 3.63) is 12.2 Å². The number of hydrogen-bond donors (Lipinski definition) is 0. The van der Waals surface area contributed by atoms with Crippen LogP contribution in [0.1, 0.15) is 61.3 Å². The molecular formula is C20H33NO8. The van der Waals surface area contributed by atoms with Gasteiger partial charge in [-0.2, -0.15) is 4.90 Å². The lowest BCUT2D eigenvalue weighted by atomic mass is 10.1. The van der Waals surface area contributed by atoms with Crippen LogP contribution >= 0.6 is 0 Å². The van der Waals surface area contributed by atoms with Gasteiger partial charge in [0.05, 0.1) is 13.7 Å². The van der Waals surface area contributed by atoms with Crippen molar-refractivity contribution in [3.63, 3.8) is 0 Å². The Bertz CT molecular complexity index is 585. The summed E-state index contributed by atoms with van der Waals surface area (Å²) in [6.07, 6.45) is 0.828. The topological polar surface area (TPSA) is 108 Å².